The highest BCUT2D eigenvalue weighted by Gasteiger charge is 2.32. The largest absolute Gasteiger partial charge is 0.497 e. The number of nitrogens with zero attached hydrogens (tertiary/aromatic N) is 3. The van der Waals surface area contributed by atoms with E-state index >= 15 is 4.39 Å². The number of benzene rings is 1. The highest BCUT2D eigenvalue weighted by atomic mass is 19.1. The second-order valence-electron chi connectivity index (χ2n) is 9.63. The van der Waals surface area contributed by atoms with Crippen molar-refractivity contribution in [3.05, 3.63) is 40.6 Å². The number of fused-ring (bicyclic) bond motifs is 1. The van der Waals surface area contributed by atoms with Crippen LogP contribution in [-0.4, -0.2) is 65.7 Å². The lowest BCUT2D eigenvalue weighted by atomic mass is 10.0. The third-order valence-electron chi connectivity index (χ3n) is 5.80. The van der Waals surface area contributed by atoms with Crippen LogP contribution in [0.5, 0.6) is 11.5 Å². The predicted octanol–water partition coefficient (Wildman–Crippen LogP) is 2.86. The van der Waals surface area contributed by atoms with E-state index in [9.17, 15) is 9.59 Å². The molecule has 1 aromatic carbocycles. The van der Waals surface area contributed by atoms with Gasteiger partial charge in [0.15, 0.2) is 11.6 Å². The number of carbonyl (C=O) groups is 1. The molecule has 37 heavy (non-hydrogen) atoms. The fourth-order valence-corrected chi connectivity index (χ4v) is 4.01. The molecule has 0 radical (unpaired) electrons. The van der Waals surface area contributed by atoms with Crippen LogP contribution >= 0.6 is 0 Å². The van der Waals surface area contributed by atoms with Crippen molar-refractivity contribution in [3.63, 3.8) is 0 Å². The molecule has 0 spiro atoms. The van der Waals surface area contributed by atoms with Crippen molar-refractivity contribution in [1.29, 1.82) is 0 Å². The standard InChI is InChI=1S/C25H30FN5O6/c1-25(2,3)37-24(33)29-18-12-36-11-17(18)28-23-27-10-13-7-16(22(32)31(4)21(13)30-23)15-8-14(34-5)9-19(35-6)20(15)26/h7-10,17-18H,11-12H2,1-6H3,(H,29,33)(H,27,28,30). The lowest BCUT2D eigenvalue weighted by Gasteiger charge is -2.24. The van der Waals surface area contributed by atoms with Gasteiger partial charge in [0.25, 0.3) is 5.56 Å². The van der Waals surface area contributed by atoms with E-state index in [0.717, 1.165) is 0 Å². The number of rotatable bonds is 6. The molecule has 3 heterocycles. The summed E-state index contributed by atoms with van der Waals surface area (Å²) < 4.78 is 37.6. The van der Waals surface area contributed by atoms with Gasteiger partial charge in [0.1, 0.15) is 17.0 Å². The molecule has 198 valence electrons. The maximum absolute atomic E-state index is 15.1. The van der Waals surface area contributed by atoms with E-state index in [4.69, 9.17) is 18.9 Å². The van der Waals surface area contributed by atoms with Gasteiger partial charge in [-0.1, -0.05) is 0 Å². The molecule has 0 bridgehead atoms. The summed E-state index contributed by atoms with van der Waals surface area (Å²) in [5.74, 6) is -0.125. The van der Waals surface area contributed by atoms with Crippen LogP contribution in [0.15, 0.2) is 29.2 Å². The van der Waals surface area contributed by atoms with Crippen molar-refractivity contribution in [2.24, 2.45) is 7.05 Å². The number of hydrogen-bond acceptors (Lipinski definition) is 9. The first-order valence-electron chi connectivity index (χ1n) is 11.6. The van der Waals surface area contributed by atoms with Crippen LogP contribution < -0.4 is 25.7 Å². The Kier molecular flexibility index (Phi) is 7.21. The highest BCUT2D eigenvalue weighted by Crippen LogP contribution is 2.33. The van der Waals surface area contributed by atoms with Crippen LogP contribution in [0, 0.1) is 5.82 Å². The van der Waals surface area contributed by atoms with Crippen LogP contribution in [0.25, 0.3) is 22.2 Å². The number of anilines is 1. The topological polar surface area (TPSA) is 126 Å². The summed E-state index contributed by atoms with van der Waals surface area (Å²) in [7, 11) is 4.33. The zero-order valence-electron chi connectivity index (χ0n) is 21.5. The molecule has 11 nitrogen and oxygen atoms in total. The molecule has 1 amide bonds. The van der Waals surface area contributed by atoms with Gasteiger partial charge in [-0.3, -0.25) is 9.36 Å². The minimum atomic E-state index is -0.677. The first-order chi connectivity index (χ1) is 17.5. The number of ether oxygens (including phenoxy) is 4. The van der Waals surface area contributed by atoms with Crippen LogP contribution in [-0.2, 0) is 16.5 Å². The molecule has 3 aromatic rings. The van der Waals surface area contributed by atoms with Crippen molar-refractivity contribution in [2.45, 2.75) is 38.5 Å². The Balaban J connectivity index is 1.63. The van der Waals surface area contributed by atoms with Gasteiger partial charge in [0.2, 0.25) is 5.95 Å². The van der Waals surface area contributed by atoms with E-state index < -0.39 is 23.1 Å². The summed E-state index contributed by atoms with van der Waals surface area (Å²) in [6.45, 7) is 5.96. The Labute approximate surface area is 212 Å². The maximum atomic E-state index is 15.1. The zero-order valence-corrected chi connectivity index (χ0v) is 21.5. The summed E-state index contributed by atoms with van der Waals surface area (Å²) in [6.07, 6.45) is 0.986. The number of aromatic nitrogens is 3. The average molecular weight is 516 g/mol. The molecule has 2 unspecified atom stereocenters. The van der Waals surface area contributed by atoms with E-state index in [2.05, 4.69) is 20.6 Å². The molecule has 0 aliphatic carbocycles. The quantitative estimate of drug-likeness (QED) is 0.510. The van der Waals surface area contributed by atoms with Crippen molar-refractivity contribution in [3.8, 4) is 22.6 Å². The highest BCUT2D eigenvalue weighted by molar-refractivity contribution is 5.82. The normalized spacial score (nSPS) is 17.5. The Morgan fingerprint density at radius 3 is 2.54 bits per heavy atom. The first kappa shape index (κ1) is 26.1. The average Bonchev–Trinajstić information content (AvgIpc) is 3.26. The maximum Gasteiger partial charge on any atom is 0.408 e. The second kappa shape index (κ2) is 10.2. The van der Waals surface area contributed by atoms with E-state index in [1.807, 2.05) is 0 Å². The molecule has 12 heteroatoms. The molecule has 1 aliphatic rings. The van der Waals surface area contributed by atoms with Crippen molar-refractivity contribution in [2.75, 3.05) is 32.8 Å². The van der Waals surface area contributed by atoms with Crippen molar-refractivity contribution >= 4 is 23.1 Å². The third-order valence-corrected chi connectivity index (χ3v) is 5.80. The zero-order chi connectivity index (χ0) is 26.9. The SMILES string of the molecule is COc1cc(OC)c(F)c(-c2cc3cnc(NC4COCC4NC(=O)OC(C)(C)C)nc3n(C)c2=O)c1. The summed E-state index contributed by atoms with van der Waals surface area (Å²) in [6, 6.07) is 3.69. The van der Waals surface area contributed by atoms with E-state index in [1.54, 1.807) is 27.8 Å². The summed E-state index contributed by atoms with van der Waals surface area (Å²) in [5.41, 5.74) is -0.590. The van der Waals surface area contributed by atoms with Crippen LogP contribution in [0.2, 0.25) is 0 Å². The predicted molar refractivity (Wildman–Crippen MR) is 135 cm³/mol. The summed E-state index contributed by atoms with van der Waals surface area (Å²) in [5, 5.41) is 6.48. The lowest BCUT2D eigenvalue weighted by Crippen LogP contribution is -2.47. The number of nitrogens with one attached hydrogen (secondary N) is 2. The van der Waals surface area contributed by atoms with Gasteiger partial charge in [0, 0.05) is 30.3 Å². The van der Waals surface area contributed by atoms with E-state index in [1.165, 1.54) is 43.2 Å². The van der Waals surface area contributed by atoms with Gasteiger partial charge in [-0.2, -0.15) is 4.98 Å². The Bertz CT molecular complexity index is 1390. The van der Waals surface area contributed by atoms with Crippen molar-refractivity contribution in [1.82, 2.24) is 19.9 Å². The fraction of sp³-hybridized carbons (Fsp3) is 0.440. The number of halogens is 1. The monoisotopic (exact) mass is 515 g/mol. The molecular formula is C25H30FN5O6. The van der Waals surface area contributed by atoms with Crippen LogP contribution in [0.1, 0.15) is 20.8 Å². The number of hydrogen-bond donors (Lipinski definition) is 2. The van der Waals surface area contributed by atoms with Gasteiger partial charge < -0.3 is 29.6 Å². The molecule has 1 saturated heterocycles. The number of pyridine rings is 1. The van der Waals surface area contributed by atoms with Gasteiger partial charge in [-0.25, -0.2) is 14.2 Å². The molecule has 2 N–H and O–H groups in total. The molecule has 0 saturated carbocycles. The Hall–Kier alpha value is -3.93. The van der Waals surface area contributed by atoms with Gasteiger partial charge in [-0.05, 0) is 32.9 Å². The molecule has 2 aromatic heterocycles. The molecule has 1 fully saturated rings. The van der Waals surface area contributed by atoms with Crippen LogP contribution in [0.3, 0.4) is 0 Å². The number of amides is 1. The number of aryl methyl sites for hydroxylation is 1. The van der Waals surface area contributed by atoms with Gasteiger partial charge in [0.05, 0.1) is 45.1 Å². The van der Waals surface area contributed by atoms with Gasteiger partial charge in [-0.15, -0.1) is 0 Å². The molecular weight excluding hydrogens is 485 g/mol. The van der Waals surface area contributed by atoms with E-state index in [0.29, 0.717) is 30.0 Å². The minimum absolute atomic E-state index is 0.0411. The van der Waals surface area contributed by atoms with Crippen molar-refractivity contribution < 1.29 is 28.1 Å². The summed E-state index contributed by atoms with van der Waals surface area (Å²) >= 11 is 0. The fourth-order valence-electron chi connectivity index (χ4n) is 4.01. The Morgan fingerprint density at radius 2 is 1.86 bits per heavy atom. The first-order valence-corrected chi connectivity index (χ1v) is 11.6. The third kappa shape index (κ3) is 5.58. The number of carbonyl (C=O) groups excluding carboxylic acids is 1. The lowest BCUT2D eigenvalue weighted by molar-refractivity contribution is 0.0497. The molecule has 1 aliphatic heterocycles. The minimum Gasteiger partial charge on any atom is -0.497 e. The van der Waals surface area contributed by atoms with E-state index in [-0.39, 0.29) is 34.9 Å². The number of methoxy groups -OCH3 is 2. The molecule has 2 atom stereocenters. The summed E-state index contributed by atoms with van der Waals surface area (Å²) in [4.78, 5) is 34.3. The Morgan fingerprint density at radius 1 is 1.14 bits per heavy atom. The van der Waals surface area contributed by atoms with Crippen LogP contribution in [0.4, 0.5) is 15.1 Å². The number of alkyl carbamates (subject to hydrolysis) is 1. The second-order valence-corrected chi connectivity index (χ2v) is 9.63. The molecule has 4 rings (SSSR count). The smallest absolute Gasteiger partial charge is 0.408 e. The van der Waals surface area contributed by atoms with Gasteiger partial charge >= 0.3 is 6.09 Å².